The SMILES string of the molecule is C=CC(=O)N1CCN(/C(=N/C(=C/CCC)OC)c2cc(Cl)c(C)c(F)c2C)CC1. The van der Waals surface area contributed by atoms with Crippen LogP contribution in [-0.4, -0.2) is 54.8 Å². The minimum atomic E-state index is -0.336. The third-order valence-corrected chi connectivity index (χ3v) is 5.42. The highest BCUT2D eigenvalue weighted by Crippen LogP contribution is 2.27. The van der Waals surface area contributed by atoms with Crippen molar-refractivity contribution < 1.29 is 13.9 Å². The van der Waals surface area contributed by atoms with Gasteiger partial charge in [-0.05, 0) is 44.1 Å². The minimum Gasteiger partial charge on any atom is -0.481 e. The molecule has 0 N–H and O–H groups in total. The molecule has 7 heteroatoms. The molecule has 0 bridgehead atoms. The van der Waals surface area contributed by atoms with E-state index in [9.17, 15) is 9.18 Å². The number of halogens is 2. The highest BCUT2D eigenvalue weighted by Gasteiger charge is 2.25. The summed E-state index contributed by atoms with van der Waals surface area (Å²) in [6.45, 7) is 11.2. The minimum absolute atomic E-state index is 0.0934. The van der Waals surface area contributed by atoms with Crippen LogP contribution in [0.25, 0.3) is 0 Å². The molecule has 0 unspecified atom stereocenters. The van der Waals surface area contributed by atoms with Gasteiger partial charge >= 0.3 is 0 Å². The normalized spacial score (nSPS) is 15.5. The number of piperazine rings is 1. The van der Waals surface area contributed by atoms with E-state index in [1.807, 2.05) is 11.0 Å². The first-order chi connectivity index (χ1) is 13.8. The summed E-state index contributed by atoms with van der Waals surface area (Å²) >= 11 is 6.29. The van der Waals surface area contributed by atoms with Gasteiger partial charge in [-0.3, -0.25) is 4.79 Å². The van der Waals surface area contributed by atoms with Gasteiger partial charge in [0.25, 0.3) is 0 Å². The number of allylic oxidation sites excluding steroid dienone is 1. The molecule has 0 atom stereocenters. The molecule has 0 spiro atoms. The maximum Gasteiger partial charge on any atom is 0.246 e. The van der Waals surface area contributed by atoms with E-state index in [1.54, 1.807) is 31.9 Å². The maximum atomic E-state index is 14.7. The number of carbonyl (C=O) groups is 1. The first-order valence-corrected chi connectivity index (χ1v) is 10.2. The van der Waals surface area contributed by atoms with E-state index < -0.39 is 0 Å². The molecule has 1 aromatic rings. The van der Waals surface area contributed by atoms with E-state index >= 15 is 0 Å². The monoisotopic (exact) mass is 421 g/mol. The number of nitrogens with zero attached hydrogens (tertiary/aromatic N) is 3. The fraction of sp³-hybridized carbons (Fsp3) is 0.455. The van der Waals surface area contributed by atoms with Crippen LogP contribution in [0.2, 0.25) is 5.02 Å². The van der Waals surface area contributed by atoms with Gasteiger partial charge < -0.3 is 14.5 Å². The summed E-state index contributed by atoms with van der Waals surface area (Å²) < 4.78 is 20.2. The predicted octanol–water partition coefficient (Wildman–Crippen LogP) is 4.46. The molecule has 1 fully saturated rings. The number of amidine groups is 1. The topological polar surface area (TPSA) is 45.1 Å². The number of methoxy groups -OCH3 is 1. The highest BCUT2D eigenvalue weighted by atomic mass is 35.5. The van der Waals surface area contributed by atoms with Gasteiger partial charge in [-0.15, -0.1) is 0 Å². The molecule has 0 aliphatic carbocycles. The average Bonchev–Trinajstić information content (AvgIpc) is 2.75. The molecule has 1 heterocycles. The molecule has 158 valence electrons. The lowest BCUT2D eigenvalue weighted by Gasteiger charge is -2.36. The van der Waals surface area contributed by atoms with E-state index in [2.05, 4.69) is 13.5 Å². The van der Waals surface area contributed by atoms with Crippen molar-refractivity contribution in [2.75, 3.05) is 33.3 Å². The lowest BCUT2D eigenvalue weighted by atomic mass is 10.0. The van der Waals surface area contributed by atoms with Gasteiger partial charge in [0.15, 0.2) is 0 Å². The quantitative estimate of drug-likeness (QED) is 0.295. The number of benzene rings is 1. The van der Waals surface area contributed by atoms with Crippen LogP contribution in [0.4, 0.5) is 4.39 Å². The van der Waals surface area contributed by atoms with Crippen LogP contribution < -0.4 is 0 Å². The molecule has 1 saturated heterocycles. The average molecular weight is 422 g/mol. The zero-order valence-corrected chi connectivity index (χ0v) is 18.4. The molecule has 0 radical (unpaired) electrons. The molecular formula is C22H29ClFN3O2. The first-order valence-electron chi connectivity index (χ1n) is 9.78. The summed E-state index contributed by atoms with van der Waals surface area (Å²) in [6.07, 6.45) is 5.02. The summed E-state index contributed by atoms with van der Waals surface area (Å²) in [6, 6.07) is 1.75. The number of ether oxygens (including phenoxy) is 1. The summed E-state index contributed by atoms with van der Waals surface area (Å²) in [5, 5.41) is 0.354. The second-order valence-electron chi connectivity index (χ2n) is 6.96. The second kappa shape index (κ2) is 10.4. The maximum absolute atomic E-state index is 14.7. The molecule has 29 heavy (non-hydrogen) atoms. The van der Waals surface area contributed by atoms with Crippen molar-refractivity contribution in [2.45, 2.75) is 33.6 Å². The molecule has 0 aromatic heterocycles. The Morgan fingerprint density at radius 2 is 1.90 bits per heavy atom. The van der Waals surface area contributed by atoms with E-state index in [0.717, 1.165) is 12.8 Å². The van der Waals surface area contributed by atoms with E-state index in [4.69, 9.17) is 21.3 Å². The van der Waals surface area contributed by atoms with Gasteiger partial charge in [0.2, 0.25) is 11.8 Å². The number of hydrogen-bond acceptors (Lipinski definition) is 3. The van der Waals surface area contributed by atoms with Crippen molar-refractivity contribution in [1.82, 2.24) is 9.80 Å². The van der Waals surface area contributed by atoms with Crippen molar-refractivity contribution in [2.24, 2.45) is 4.99 Å². The van der Waals surface area contributed by atoms with Gasteiger partial charge in [-0.25, -0.2) is 4.39 Å². The lowest BCUT2D eigenvalue weighted by Crippen LogP contribution is -2.50. The van der Waals surface area contributed by atoms with Gasteiger partial charge in [0.1, 0.15) is 11.7 Å². The van der Waals surface area contributed by atoms with Crippen molar-refractivity contribution in [1.29, 1.82) is 0 Å². The molecular weight excluding hydrogens is 393 g/mol. The predicted molar refractivity (Wildman–Crippen MR) is 116 cm³/mol. The van der Waals surface area contributed by atoms with Crippen molar-refractivity contribution >= 4 is 23.3 Å². The number of unbranched alkanes of at least 4 members (excludes halogenated alkanes) is 1. The molecule has 5 nitrogen and oxygen atoms in total. The van der Waals surface area contributed by atoms with Crippen LogP contribution in [0, 0.1) is 19.7 Å². The molecule has 1 amide bonds. The number of aliphatic imine (C=N–C) groups is 1. The Morgan fingerprint density at radius 3 is 2.45 bits per heavy atom. The van der Waals surface area contributed by atoms with Crippen LogP contribution in [0.3, 0.4) is 0 Å². The van der Waals surface area contributed by atoms with E-state index in [-0.39, 0.29) is 11.7 Å². The zero-order valence-electron chi connectivity index (χ0n) is 17.6. The van der Waals surface area contributed by atoms with Crippen LogP contribution in [0.1, 0.15) is 36.5 Å². The van der Waals surface area contributed by atoms with E-state index in [1.165, 1.54) is 6.08 Å². The van der Waals surface area contributed by atoms with Crippen LogP contribution in [-0.2, 0) is 9.53 Å². The molecule has 1 aliphatic rings. The number of amides is 1. The molecule has 1 aromatic carbocycles. The summed E-state index contributed by atoms with van der Waals surface area (Å²) in [4.78, 5) is 20.4. The van der Waals surface area contributed by atoms with Crippen molar-refractivity contribution in [3.8, 4) is 0 Å². The zero-order chi connectivity index (χ0) is 21.6. The standard InChI is InChI=1S/C22H29ClFN3O2/c1-6-8-9-19(29-5)25-22(17-14-18(23)16(4)21(24)15(17)3)27-12-10-26(11-13-27)20(28)7-2/h7,9,14H,2,6,8,10-13H2,1,3-5H3/b19-9-,25-22+. The second-order valence-corrected chi connectivity index (χ2v) is 7.36. The fourth-order valence-electron chi connectivity index (χ4n) is 3.20. The summed E-state index contributed by atoms with van der Waals surface area (Å²) in [5.74, 6) is 0.641. The highest BCUT2D eigenvalue weighted by molar-refractivity contribution is 6.31. The van der Waals surface area contributed by atoms with Crippen LogP contribution in [0.5, 0.6) is 0 Å². The Kier molecular flexibility index (Phi) is 8.26. The summed E-state index contributed by atoms with van der Waals surface area (Å²) in [7, 11) is 1.57. The molecule has 1 aliphatic heterocycles. The van der Waals surface area contributed by atoms with Gasteiger partial charge in [0, 0.05) is 42.3 Å². The first kappa shape index (κ1) is 22.9. The molecule has 2 rings (SSSR count). The Hall–Kier alpha value is -2.34. The van der Waals surface area contributed by atoms with Gasteiger partial charge in [-0.1, -0.05) is 31.5 Å². The Balaban J connectivity index is 2.48. The third kappa shape index (κ3) is 5.38. The Labute approximate surface area is 177 Å². The van der Waals surface area contributed by atoms with Gasteiger partial charge in [0.05, 0.1) is 7.11 Å². The third-order valence-electron chi connectivity index (χ3n) is 5.03. The Bertz CT molecular complexity index is 828. The van der Waals surface area contributed by atoms with Gasteiger partial charge in [-0.2, -0.15) is 4.99 Å². The summed E-state index contributed by atoms with van der Waals surface area (Å²) in [5.41, 5.74) is 1.53. The van der Waals surface area contributed by atoms with Crippen LogP contribution in [0.15, 0.2) is 35.7 Å². The van der Waals surface area contributed by atoms with Crippen molar-refractivity contribution in [3.05, 3.63) is 58.2 Å². The number of rotatable bonds is 6. The number of hydrogen-bond donors (Lipinski definition) is 0. The Morgan fingerprint density at radius 1 is 1.28 bits per heavy atom. The number of carbonyl (C=O) groups excluding carboxylic acids is 1. The van der Waals surface area contributed by atoms with Crippen molar-refractivity contribution in [3.63, 3.8) is 0 Å². The lowest BCUT2D eigenvalue weighted by molar-refractivity contribution is -0.127. The fourth-order valence-corrected chi connectivity index (χ4v) is 3.39. The largest absolute Gasteiger partial charge is 0.481 e. The molecule has 0 saturated carbocycles. The smallest absolute Gasteiger partial charge is 0.246 e. The van der Waals surface area contributed by atoms with Crippen LogP contribution >= 0.6 is 11.6 Å². The van der Waals surface area contributed by atoms with E-state index in [0.29, 0.717) is 59.6 Å².